The summed E-state index contributed by atoms with van der Waals surface area (Å²) in [5.74, 6) is -0.0263. The minimum atomic E-state index is -0.0263. The van der Waals surface area contributed by atoms with E-state index in [1.54, 1.807) is 33.5 Å². The van der Waals surface area contributed by atoms with Crippen LogP contribution in [0.25, 0.3) is 20.9 Å². The van der Waals surface area contributed by atoms with Crippen LogP contribution in [0.1, 0.15) is 23.3 Å². The first-order valence-electron chi connectivity index (χ1n) is 10.9. The number of piperazine rings is 1. The van der Waals surface area contributed by atoms with Gasteiger partial charge in [-0.15, -0.1) is 11.3 Å². The van der Waals surface area contributed by atoms with Crippen LogP contribution in [-0.4, -0.2) is 78.1 Å². The highest BCUT2D eigenvalue weighted by Gasteiger charge is 2.29. The SMILES string of the molecule is O=C(c1nccnc1-c1nc2ccccc2s1)N1CC[NH+](CC[NH+]2CCCC2)CC1. The van der Waals surface area contributed by atoms with Gasteiger partial charge in [-0.1, -0.05) is 12.1 Å². The van der Waals surface area contributed by atoms with Crippen LogP contribution in [-0.2, 0) is 0 Å². The van der Waals surface area contributed by atoms with Gasteiger partial charge in [0.1, 0.15) is 23.8 Å². The predicted octanol–water partition coefficient (Wildman–Crippen LogP) is -0.227. The van der Waals surface area contributed by atoms with E-state index in [0.29, 0.717) is 11.4 Å². The van der Waals surface area contributed by atoms with Gasteiger partial charge < -0.3 is 14.7 Å². The van der Waals surface area contributed by atoms with E-state index in [1.807, 2.05) is 29.2 Å². The molecule has 0 radical (unpaired) electrons. The fraction of sp³-hybridized carbons (Fsp3) is 0.455. The Morgan fingerprint density at radius 2 is 1.67 bits per heavy atom. The van der Waals surface area contributed by atoms with Crippen molar-refractivity contribution in [1.29, 1.82) is 0 Å². The summed E-state index contributed by atoms with van der Waals surface area (Å²) in [6.45, 7) is 8.71. The molecule has 2 saturated heterocycles. The Labute approximate surface area is 180 Å². The molecule has 8 heteroatoms. The molecule has 2 aliphatic rings. The van der Waals surface area contributed by atoms with Crippen molar-refractivity contribution in [3.63, 3.8) is 0 Å². The summed E-state index contributed by atoms with van der Waals surface area (Å²) >= 11 is 1.56. The number of carbonyl (C=O) groups is 1. The monoisotopic (exact) mass is 424 g/mol. The summed E-state index contributed by atoms with van der Waals surface area (Å²) in [7, 11) is 0. The van der Waals surface area contributed by atoms with Gasteiger partial charge in [0.25, 0.3) is 5.91 Å². The zero-order chi connectivity index (χ0) is 20.3. The molecule has 156 valence electrons. The average molecular weight is 425 g/mol. The quantitative estimate of drug-likeness (QED) is 0.594. The molecule has 0 unspecified atom stereocenters. The molecule has 0 aliphatic carbocycles. The van der Waals surface area contributed by atoms with Crippen LogP contribution in [0.4, 0.5) is 0 Å². The van der Waals surface area contributed by atoms with Gasteiger partial charge in [-0.3, -0.25) is 4.79 Å². The maximum atomic E-state index is 13.3. The van der Waals surface area contributed by atoms with Gasteiger partial charge in [0.15, 0.2) is 5.69 Å². The largest absolute Gasteiger partial charge is 0.330 e. The molecule has 2 N–H and O–H groups in total. The number of carbonyl (C=O) groups excluding carboxylic acids is 1. The summed E-state index contributed by atoms with van der Waals surface area (Å²) in [6.07, 6.45) is 6.00. The summed E-state index contributed by atoms with van der Waals surface area (Å²) in [5.41, 5.74) is 1.94. The number of likely N-dealkylation sites (tertiary alicyclic amines) is 1. The minimum absolute atomic E-state index is 0.0263. The number of quaternary nitrogens is 2. The van der Waals surface area contributed by atoms with Crippen molar-refractivity contribution in [3.05, 3.63) is 42.4 Å². The minimum Gasteiger partial charge on any atom is -0.330 e. The number of hydrogen-bond acceptors (Lipinski definition) is 5. The molecule has 2 aliphatic heterocycles. The van der Waals surface area contributed by atoms with Crippen molar-refractivity contribution in [2.75, 3.05) is 52.4 Å². The second kappa shape index (κ2) is 8.75. The topological polar surface area (TPSA) is 67.9 Å². The van der Waals surface area contributed by atoms with Crippen LogP contribution >= 0.6 is 11.3 Å². The van der Waals surface area contributed by atoms with Crippen molar-refractivity contribution in [1.82, 2.24) is 19.9 Å². The van der Waals surface area contributed by atoms with Crippen LogP contribution in [0.5, 0.6) is 0 Å². The Hall–Kier alpha value is -2.42. The number of nitrogens with zero attached hydrogens (tertiary/aromatic N) is 4. The Morgan fingerprint density at radius 1 is 0.967 bits per heavy atom. The first-order valence-corrected chi connectivity index (χ1v) is 11.7. The highest BCUT2D eigenvalue weighted by molar-refractivity contribution is 7.21. The third kappa shape index (κ3) is 4.08. The van der Waals surface area contributed by atoms with E-state index in [0.717, 1.165) is 41.4 Å². The van der Waals surface area contributed by atoms with Crippen molar-refractivity contribution >= 4 is 27.5 Å². The standard InChI is InChI=1S/C22H26N6OS/c29-22(28-15-13-27(14-16-28)12-11-26-9-3-4-10-26)20-19(23-7-8-24-20)21-25-17-5-1-2-6-18(17)30-21/h1-2,5-8H,3-4,9-16H2/p+2. The van der Waals surface area contributed by atoms with E-state index >= 15 is 0 Å². The number of rotatable bonds is 5. The molecule has 0 atom stereocenters. The number of benzene rings is 1. The van der Waals surface area contributed by atoms with E-state index in [1.165, 1.54) is 39.0 Å². The Morgan fingerprint density at radius 3 is 2.43 bits per heavy atom. The third-order valence-electron chi connectivity index (χ3n) is 6.30. The van der Waals surface area contributed by atoms with E-state index < -0.39 is 0 Å². The fourth-order valence-electron chi connectivity index (χ4n) is 4.53. The summed E-state index contributed by atoms with van der Waals surface area (Å²) < 4.78 is 1.09. The molecular weight excluding hydrogens is 396 g/mol. The van der Waals surface area contributed by atoms with E-state index in [2.05, 4.69) is 15.0 Å². The molecule has 1 aromatic carbocycles. The van der Waals surface area contributed by atoms with Crippen LogP contribution < -0.4 is 9.80 Å². The van der Waals surface area contributed by atoms with Crippen LogP contribution in [0, 0.1) is 0 Å². The molecule has 0 spiro atoms. The maximum Gasteiger partial charge on any atom is 0.275 e. The van der Waals surface area contributed by atoms with Gasteiger partial charge in [-0.05, 0) is 12.1 Å². The zero-order valence-electron chi connectivity index (χ0n) is 17.1. The number of fused-ring (bicyclic) bond motifs is 1. The number of thiazole rings is 1. The summed E-state index contributed by atoms with van der Waals surface area (Å²) in [4.78, 5) is 32.1. The highest BCUT2D eigenvalue weighted by Crippen LogP contribution is 2.30. The molecule has 0 saturated carbocycles. The fourth-order valence-corrected chi connectivity index (χ4v) is 5.49. The van der Waals surface area contributed by atoms with Crippen molar-refractivity contribution in [2.24, 2.45) is 0 Å². The van der Waals surface area contributed by atoms with Gasteiger partial charge in [0, 0.05) is 25.2 Å². The lowest BCUT2D eigenvalue weighted by Crippen LogP contribution is -3.21. The van der Waals surface area contributed by atoms with E-state index in [-0.39, 0.29) is 5.91 Å². The molecule has 5 rings (SSSR count). The summed E-state index contributed by atoms with van der Waals surface area (Å²) in [6, 6.07) is 8.00. The number of aromatic nitrogens is 3. The number of hydrogen-bond donors (Lipinski definition) is 2. The first kappa shape index (κ1) is 19.5. The molecule has 0 bridgehead atoms. The normalized spacial score (nSPS) is 18.3. The highest BCUT2D eigenvalue weighted by atomic mass is 32.1. The van der Waals surface area contributed by atoms with Crippen LogP contribution in [0.3, 0.4) is 0 Å². The Bertz CT molecular complexity index is 990. The third-order valence-corrected chi connectivity index (χ3v) is 7.34. The lowest BCUT2D eigenvalue weighted by atomic mass is 10.2. The molecule has 2 aromatic heterocycles. The number of para-hydroxylation sites is 1. The van der Waals surface area contributed by atoms with Gasteiger partial charge in [0.2, 0.25) is 0 Å². The summed E-state index contributed by atoms with van der Waals surface area (Å²) in [5, 5.41) is 0.755. The van der Waals surface area contributed by atoms with Gasteiger partial charge >= 0.3 is 0 Å². The maximum absolute atomic E-state index is 13.3. The second-order valence-corrected chi connectivity index (χ2v) is 9.27. The van der Waals surface area contributed by atoms with Crippen LogP contribution in [0.15, 0.2) is 36.7 Å². The van der Waals surface area contributed by atoms with Gasteiger partial charge in [-0.2, -0.15) is 0 Å². The predicted molar refractivity (Wildman–Crippen MR) is 117 cm³/mol. The molecule has 7 nitrogen and oxygen atoms in total. The van der Waals surface area contributed by atoms with Crippen molar-refractivity contribution in [3.8, 4) is 10.7 Å². The lowest BCUT2D eigenvalue weighted by Gasteiger charge is -2.32. The molecule has 1 amide bonds. The van der Waals surface area contributed by atoms with Gasteiger partial charge in [0.05, 0.1) is 49.5 Å². The molecule has 30 heavy (non-hydrogen) atoms. The average Bonchev–Trinajstić information content (AvgIpc) is 3.47. The number of nitrogens with one attached hydrogen (secondary N) is 2. The second-order valence-electron chi connectivity index (χ2n) is 8.24. The van der Waals surface area contributed by atoms with E-state index in [9.17, 15) is 4.79 Å². The molecule has 3 aromatic rings. The first-order chi connectivity index (χ1) is 14.8. The van der Waals surface area contributed by atoms with Crippen LogP contribution in [0.2, 0.25) is 0 Å². The molecular formula is C22H28N6OS+2. The zero-order valence-corrected chi connectivity index (χ0v) is 18.0. The van der Waals surface area contributed by atoms with Crippen molar-refractivity contribution in [2.45, 2.75) is 12.8 Å². The Balaban J connectivity index is 1.27. The number of amides is 1. The van der Waals surface area contributed by atoms with Gasteiger partial charge in [-0.25, -0.2) is 15.0 Å². The molecule has 4 heterocycles. The molecule has 2 fully saturated rings. The van der Waals surface area contributed by atoms with E-state index in [4.69, 9.17) is 0 Å². The van der Waals surface area contributed by atoms with Crippen molar-refractivity contribution < 1.29 is 14.6 Å². The Kier molecular flexibility index (Phi) is 5.70. The smallest absolute Gasteiger partial charge is 0.275 e. The lowest BCUT2D eigenvalue weighted by molar-refractivity contribution is -0.954.